The molecule has 0 aliphatic rings. The molecule has 3 nitrogen and oxygen atoms in total. The second-order valence-electron chi connectivity index (χ2n) is 4.74. The first-order valence-electron chi connectivity index (χ1n) is 6.70. The maximum absolute atomic E-state index is 9.37. The number of aliphatic hydroxyl groups is 1. The highest BCUT2D eigenvalue weighted by molar-refractivity contribution is 5.48. The maximum atomic E-state index is 9.37. The molecule has 2 rings (SSSR count). The Kier molecular flexibility index (Phi) is 5.02. The summed E-state index contributed by atoms with van der Waals surface area (Å²) in [5, 5.41) is 9.37. The lowest BCUT2D eigenvalue weighted by Crippen LogP contribution is -2.05. The lowest BCUT2D eigenvalue weighted by atomic mass is 10.0. The maximum Gasteiger partial charge on any atom is 0.165 e. The molecule has 0 radical (unpaired) electrons. The van der Waals surface area contributed by atoms with Gasteiger partial charge in [-0.2, -0.15) is 0 Å². The minimum Gasteiger partial charge on any atom is -0.493 e. The smallest absolute Gasteiger partial charge is 0.165 e. The van der Waals surface area contributed by atoms with Gasteiger partial charge in [0.2, 0.25) is 0 Å². The lowest BCUT2D eigenvalue weighted by molar-refractivity contribution is 0.255. The van der Waals surface area contributed by atoms with Gasteiger partial charge in [0.25, 0.3) is 0 Å². The fourth-order valence-electron chi connectivity index (χ4n) is 2.06. The first-order chi connectivity index (χ1) is 9.76. The van der Waals surface area contributed by atoms with Crippen LogP contribution in [0.4, 0.5) is 0 Å². The molecule has 2 aromatic carbocycles. The van der Waals surface area contributed by atoms with Gasteiger partial charge in [-0.05, 0) is 11.6 Å². The first-order valence-corrected chi connectivity index (χ1v) is 6.70. The van der Waals surface area contributed by atoms with E-state index in [0.717, 1.165) is 11.1 Å². The lowest BCUT2D eigenvalue weighted by Gasteiger charge is -2.18. The summed E-state index contributed by atoms with van der Waals surface area (Å²) in [7, 11) is 1.62. The Bertz CT molecular complexity index is 537. The molecule has 0 aromatic heterocycles. The number of para-hydroxylation sites is 1. The van der Waals surface area contributed by atoms with E-state index in [1.807, 2.05) is 55.5 Å². The molecular formula is C17H20O3. The van der Waals surface area contributed by atoms with Crippen LogP contribution in [0.25, 0.3) is 0 Å². The van der Waals surface area contributed by atoms with Crippen molar-refractivity contribution in [2.45, 2.75) is 19.4 Å². The molecule has 0 spiro atoms. The topological polar surface area (TPSA) is 38.7 Å². The van der Waals surface area contributed by atoms with E-state index in [-0.39, 0.29) is 12.5 Å². The second kappa shape index (κ2) is 6.96. The average molecular weight is 272 g/mol. The van der Waals surface area contributed by atoms with Gasteiger partial charge in [0, 0.05) is 18.1 Å². The second-order valence-corrected chi connectivity index (χ2v) is 4.74. The van der Waals surface area contributed by atoms with Crippen molar-refractivity contribution in [3.8, 4) is 11.5 Å². The van der Waals surface area contributed by atoms with Crippen LogP contribution in [0.5, 0.6) is 11.5 Å². The zero-order valence-corrected chi connectivity index (χ0v) is 11.9. The normalized spacial score (nSPS) is 11.9. The molecule has 106 valence electrons. The van der Waals surface area contributed by atoms with Crippen LogP contribution in [-0.4, -0.2) is 18.8 Å². The molecule has 20 heavy (non-hydrogen) atoms. The van der Waals surface area contributed by atoms with Gasteiger partial charge in [-0.3, -0.25) is 0 Å². The van der Waals surface area contributed by atoms with Crippen LogP contribution in [0.15, 0.2) is 48.5 Å². The van der Waals surface area contributed by atoms with E-state index in [1.54, 1.807) is 7.11 Å². The fraction of sp³-hybridized carbons (Fsp3) is 0.294. The van der Waals surface area contributed by atoms with Gasteiger partial charge in [-0.1, -0.05) is 49.4 Å². The van der Waals surface area contributed by atoms with Crippen LogP contribution in [0.1, 0.15) is 24.0 Å². The molecule has 0 saturated heterocycles. The van der Waals surface area contributed by atoms with E-state index < -0.39 is 0 Å². The zero-order valence-electron chi connectivity index (χ0n) is 11.9. The van der Waals surface area contributed by atoms with Crippen LogP contribution in [-0.2, 0) is 6.61 Å². The summed E-state index contributed by atoms with van der Waals surface area (Å²) >= 11 is 0. The van der Waals surface area contributed by atoms with E-state index in [4.69, 9.17) is 9.47 Å². The number of rotatable bonds is 6. The van der Waals surface area contributed by atoms with Crippen LogP contribution >= 0.6 is 0 Å². The average Bonchev–Trinajstić information content (AvgIpc) is 2.52. The molecule has 0 aliphatic carbocycles. The van der Waals surface area contributed by atoms with E-state index in [0.29, 0.717) is 18.1 Å². The molecule has 0 saturated carbocycles. The monoisotopic (exact) mass is 272 g/mol. The van der Waals surface area contributed by atoms with Gasteiger partial charge in [-0.15, -0.1) is 0 Å². The zero-order chi connectivity index (χ0) is 14.4. The number of methoxy groups -OCH3 is 1. The SMILES string of the molecule is COc1cccc(C(C)CO)c1OCc1ccccc1. The Hall–Kier alpha value is -2.00. The minimum absolute atomic E-state index is 0.0101. The minimum atomic E-state index is 0.0101. The van der Waals surface area contributed by atoms with Crippen molar-refractivity contribution >= 4 is 0 Å². The van der Waals surface area contributed by atoms with Crippen LogP contribution in [0.3, 0.4) is 0 Å². The van der Waals surface area contributed by atoms with E-state index in [1.165, 1.54) is 0 Å². The summed E-state index contributed by atoms with van der Waals surface area (Å²) in [6, 6.07) is 15.7. The van der Waals surface area contributed by atoms with E-state index in [9.17, 15) is 5.11 Å². The molecule has 0 fully saturated rings. The molecule has 0 amide bonds. The molecule has 0 aliphatic heterocycles. The summed E-state index contributed by atoms with van der Waals surface area (Å²) in [5.41, 5.74) is 2.06. The quantitative estimate of drug-likeness (QED) is 0.876. The van der Waals surface area contributed by atoms with Crippen molar-refractivity contribution in [2.75, 3.05) is 13.7 Å². The standard InChI is InChI=1S/C17H20O3/c1-13(11-18)15-9-6-10-16(19-2)17(15)20-12-14-7-4-3-5-8-14/h3-10,13,18H,11-12H2,1-2H3. The third kappa shape index (κ3) is 3.31. The predicted molar refractivity (Wildman–Crippen MR) is 79.3 cm³/mol. The van der Waals surface area contributed by atoms with E-state index >= 15 is 0 Å². The molecular weight excluding hydrogens is 252 g/mol. The number of hydrogen-bond acceptors (Lipinski definition) is 3. The number of ether oxygens (including phenoxy) is 2. The van der Waals surface area contributed by atoms with Gasteiger partial charge in [0.05, 0.1) is 7.11 Å². The first kappa shape index (κ1) is 14.4. The highest BCUT2D eigenvalue weighted by Crippen LogP contribution is 2.36. The Morgan fingerprint density at radius 2 is 1.80 bits per heavy atom. The molecule has 3 heteroatoms. The van der Waals surface area contributed by atoms with Crippen LogP contribution in [0.2, 0.25) is 0 Å². The molecule has 1 unspecified atom stereocenters. The Balaban J connectivity index is 2.24. The number of aliphatic hydroxyl groups excluding tert-OH is 1. The number of benzene rings is 2. The van der Waals surface area contributed by atoms with Crippen molar-refractivity contribution in [2.24, 2.45) is 0 Å². The van der Waals surface area contributed by atoms with E-state index in [2.05, 4.69) is 0 Å². The third-order valence-electron chi connectivity index (χ3n) is 3.26. The van der Waals surface area contributed by atoms with Crippen molar-refractivity contribution in [3.05, 3.63) is 59.7 Å². The van der Waals surface area contributed by atoms with Crippen molar-refractivity contribution in [1.82, 2.24) is 0 Å². The highest BCUT2D eigenvalue weighted by Gasteiger charge is 2.15. The molecule has 1 atom stereocenters. The highest BCUT2D eigenvalue weighted by atomic mass is 16.5. The Labute approximate surface area is 119 Å². The largest absolute Gasteiger partial charge is 0.493 e. The molecule has 0 bridgehead atoms. The summed E-state index contributed by atoms with van der Waals surface area (Å²) in [4.78, 5) is 0. The van der Waals surface area contributed by atoms with Gasteiger partial charge in [0.15, 0.2) is 11.5 Å². The third-order valence-corrected chi connectivity index (χ3v) is 3.26. The van der Waals surface area contributed by atoms with Crippen molar-refractivity contribution in [3.63, 3.8) is 0 Å². The van der Waals surface area contributed by atoms with Crippen molar-refractivity contribution in [1.29, 1.82) is 0 Å². The van der Waals surface area contributed by atoms with Gasteiger partial charge in [0.1, 0.15) is 6.61 Å². The van der Waals surface area contributed by atoms with Gasteiger partial charge < -0.3 is 14.6 Å². The van der Waals surface area contributed by atoms with Crippen LogP contribution < -0.4 is 9.47 Å². The summed E-state index contributed by atoms with van der Waals surface area (Å²) in [5.74, 6) is 1.41. The van der Waals surface area contributed by atoms with Crippen molar-refractivity contribution < 1.29 is 14.6 Å². The molecule has 1 N–H and O–H groups in total. The fourth-order valence-corrected chi connectivity index (χ4v) is 2.06. The summed E-state index contributed by atoms with van der Waals surface area (Å²) in [6.45, 7) is 2.52. The Morgan fingerprint density at radius 1 is 1.05 bits per heavy atom. The predicted octanol–water partition coefficient (Wildman–Crippen LogP) is 3.37. The molecule has 0 heterocycles. The summed E-state index contributed by atoms with van der Waals surface area (Å²) in [6.07, 6.45) is 0. The molecule has 2 aromatic rings. The van der Waals surface area contributed by atoms with Gasteiger partial charge >= 0.3 is 0 Å². The van der Waals surface area contributed by atoms with Crippen LogP contribution in [0, 0.1) is 0 Å². The number of hydrogen-bond donors (Lipinski definition) is 1. The Morgan fingerprint density at radius 3 is 2.45 bits per heavy atom. The van der Waals surface area contributed by atoms with Gasteiger partial charge in [-0.25, -0.2) is 0 Å². The summed E-state index contributed by atoms with van der Waals surface area (Å²) < 4.78 is 11.3.